The molecule has 1 amide bonds. The molecule has 1 heterocycles. The molecule has 0 unspecified atom stereocenters. The predicted molar refractivity (Wildman–Crippen MR) is 91.2 cm³/mol. The molecule has 28 heavy (non-hydrogen) atoms. The summed E-state index contributed by atoms with van der Waals surface area (Å²) in [5, 5.41) is 5.80. The minimum absolute atomic E-state index is 0.0913. The van der Waals surface area contributed by atoms with E-state index in [0.29, 0.717) is 12.8 Å². The highest BCUT2D eigenvalue weighted by molar-refractivity contribution is 5.97. The molecule has 1 fully saturated rings. The predicted octanol–water partition coefficient (Wildman–Crippen LogP) is 3.48. The van der Waals surface area contributed by atoms with Crippen molar-refractivity contribution in [2.45, 2.75) is 50.9 Å². The Hall–Kier alpha value is -2.49. The molecule has 2 N–H and O–H groups in total. The molecule has 2 aromatic rings. The van der Waals surface area contributed by atoms with Crippen LogP contribution in [0, 0.1) is 5.82 Å². The van der Waals surface area contributed by atoms with Gasteiger partial charge in [0.15, 0.2) is 11.6 Å². The van der Waals surface area contributed by atoms with Crippen molar-refractivity contribution in [2.75, 3.05) is 0 Å². The van der Waals surface area contributed by atoms with Crippen molar-refractivity contribution < 1.29 is 31.5 Å². The van der Waals surface area contributed by atoms with Gasteiger partial charge in [0.25, 0.3) is 12.3 Å². The Bertz CT molecular complexity index is 858. The number of nitrogens with one attached hydrogen (secondary N) is 2. The molecule has 0 saturated heterocycles. The van der Waals surface area contributed by atoms with E-state index in [1.54, 1.807) is 0 Å². The highest BCUT2D eigenvalue weighted by atomic mass is 19.3. The number of nitrogens with zero attached hydrogens (tertiary/aromatic N) is 1. The van der Waals surface area contributed by atoms with Crippen molar-refractivity contribution >= 4 is 16.8 Å². The maximum absolute atomic E-state index is 13.8. The molecular weight excluding hydrogens is 385 g/mol. The molecule has 1 aliphatic carbocycles. The summed E-state index contributed by atoms with van der Waals surface area (Å²) < 4.78 is 67.5. The topological polar surface area (TPSA) is 63.2 Å². The van der Waals surface area contributed by atoms with Crippen LogP contribution in [0.15, 0.2) is 24.4 Å². The molecule has 1 aromatic carbocycles. The van der Waals surface area contributed by atoms with Crippen LogP contribution >= 0.6 is 0 Å². The maximum Gasteiger partial charge on any atom is 0.387 e. The highest BCUT2D eigenvalue weighted by Gasteiger charge is 2.32. The normalized spacial score (nSPS) is 20.3. The first-order valence-corrected chi connectivity index (χ1v) is 8.62. The molecule has 1 aromatic heterocycles. The van der Waals surface area contributed by atoms with Gasteiger partial charge in [0.2, 0.25) is 0 Å². The number of ether oxygens (including phenoxy) is 1. The standard InChI is InChI=1S/C18H18F5N3O2/c1-8(16(20)21)25-11-4-12(5-11)26-17(27)10-2-9-3-13(19)15(28-18(22)23)6-14(9)24-7-10/h2-3,6-8,11-12,16,18,25H,4-5H2,1H3,(H,26,27)/t8-,11?,12?/m1/s1. The van der Waals surface area contributed by atoms with Gasteiger partial charge in [-0.15, -0.1) is 0 Å². The van der Waals surface area contributed by atoms with Gasteiger partial charge in [-0.3, -0.25) is 9.78 Å². The van der Waals surface area contributed by atoms with Crippen LogP contribution in [0.1, 0.15) is 30.1 Å². The van der Waals surface area contributed by atoms with E-state index in [9.17, 15) is 26.7 Å². The molecule has 10 heteroatoms. The molecule has 1 aliphatic rings. The van der Waals surface area contributed by atoms with Crippen LogP contribution in [-0.4, -0.2) is 42.1 Å². The zero-order valence-electron chi connectivity index (χ0n) is 14.8. The number of aromatic nitrogens is 1. The van der Waals surface area contributed by atoms with Crippen molar-refractivity contribution in [1.82, 2.24) is 15.6 Å². The molecule has 3 rings (SSSR count). The van der Waals surface area contributed by atoms with E-state index < -0.39 is 36.6 Å². The summed E-state index contributed by atoms with van der Waals surface area (Å²) in [4.78, 5) is 16.3. The van der Waals surface area contributed by atoms with Gasteiger partial charge in [-0.25, -0.2) is 13.2 Å². The number of carbonyl (C=O) groups is 1. The van der Waals surface area contributed by atoms with Gasteiger partial charge in [-0.2, -0.15) is 8.78 Å². The molecule has 0 spiro atoms. The first-order valence-electron chi connectivity index (χ1n) is 8.62. The van der Waals surface area contributed by atoms with Crippen LogP contribution in [-0.2, 0) is 0 Å². The Morgan fingerprint density at radius 3 is 2.54 bits per heavy atom. The molecule has 1 saturated carbocycles. The Balaban J connectivity index is 1.62. The monoisotopic (exact) mass is 403 g/mol. The number of pyridine rings is 1. The number of hydrogen-bond donors (Lipinski definition) is 2. The molecule has 152 valence electrons. The SMILES string of the molecule is C[C@@H](NC1CC(NC(=O)c2cnc3cc(OC(F)F)c(F)cc3c2)C1)C(F)F. The van der Waals surface area contributed by atoms with Gasteiger partial charge >= 0.3 is 6.61 Å². The van der Waals surface area contributed by atoms with E-state index in [1.807, 2.05) is 0 Å². The minimum atomic E-state index is -3.17. The quantitative estimate of drug-likeness (QED) is 0.695. The second-order valence-corrected chi connectivity index (χ2v) is 6.71. The lowest BCUT2D eigenvalue weighted by molar-refractivity contribution is -0.0520. The van der Waals surface area contributed by atoms with Gasteiger partial charge in [0.1, 0.15) is 0 Å². The smallest absolute Gasteiger partial charge is 0.387 e. The molecule has 0 bridgehead atoms. The van der Waals surface area contributed by atoms with Crippen molar-refractivity contribution in [3.63, 3.8) is 0 Å². The van der Waals surface area contributed by atoms with Crippen molar-refractivity contribution in [3.05, 3.63) is 35.8 Å². The summed E-state index contributed by atoms with van der Waals surface area (Å²) in [5.41, 5.74) is 0.370. The summed E-state index contributed by atoms with van der Waals surface area (Å²) in [6.45, 7) is -1.77. The van der Waals surface area contributed by atoms with Crippen LogP contribution < -0.4 is 15.4 Å². The summed E-state index contributed by atoms with van der Waals surface area (Å²) in [7, 11) is 0. The number of benzene rings is 1. The fourth-order valence-electron chi connectivity index (χ4n) is 3.02. The van der Waals surface area contributed by atoms with Crippen LogP contribution in [0.25, 0.3) is 10.9 Å². The first kappa shape index (κ1) is 20.2. The second-order valence-electron chi connectivity index (χ2n) is 6.71. The number of fused-ring (bicyclic) bond motifs is 1. The Morgan fingerprint density at radius 1 is 1.18 bits per heavy atom. The van der Waals surface area contributed by atoms with Crippen LogP contribution in [0.5, 0.6) is 5.75 Å². The minimum Gasteiger partial charge on any atom is -0.432 e. The van der Waals surface area contributed by atoms with Crippen LogP contribution in [0.2, 0.25) is 0 Å². The summed E-state index contributed by atoms with van der Waals surface area (Å²) in [6, 6.07) is 2.22. The van der Waals surface area contributed by atoms with Gasteiger partial charge in [-0.1, -0.05) is 0 Å². The summed E-state index contributed by atoms with van der Waals surface area (Å²) in [6.07, 6.45) is -0.168. The molecule has 5 nitrogen and oxygen atoms in total. The van der Waals surface area contributed by atoms with Crippen molar-refractivity contribution in [3.8, 4) is 5.75 Å². The average molecular weight is 403 g/mol. The third-order valence-electron chi connectivity index (χ3n) is 4.56. The van der Waals surface area contributed by atoms with E-state index in [1.165, 1.54) is 19.2 Å². The van der Waals surface area contributed by atoms with Gasteiger partial charge in [0, 0.05) is 29.7 Å². The number of carbonyl (C=O) groups excluding carboxylic acids is 1. The summed E-state index contributed by atoms with van der Waals surface area (Å²) in [5.74, 6) is -2.06. The van der Waals surface area contributed by atoms with E-state index in [2.05, 4.69) is 20.4 Å². The van der Waals surface area contributed by atoms with E-state index >= 15 is 0 Å². The van der Waals surface area contributed by atoms with E-state index in [4.69, 9.17) is 0 Å². The second kappa shape index (κ2) is 8.26. The van der Waals surface area contributed by atoms with Crippen molar-refractivity contribution in [1.29, 1.82) is 0 Å². The van der Waals surface area contributed by atoms with Crippen molar-refractivity contribution in [2.24, 2.45) is 0 Å². The number of halogens is 5. The average Bonchev–Trinajstić information content (AvgIpc) is 2.59. The number of amides is 1. The zero-order chi connectivity index (χ0) is 20.4. The maximum atomic E-state index is 13.8. The summed E-state index contributed by atoms with van der Waals surface area (Å²) >= 11 is 0. The van der Waals surface area contributed by atoms with Gasteiger partial charge in [0.05, 0.1) is 17.1 Å². The molecular formula is C18H18F5N3O2. The van der Waals surface area contributed by atoms with E-state index in [0.717, 1.165) is 12.1 Å². The third-order valence-corrected chi connectivity index (χ3v) is 4.56. The molecule has 0 aliphatic heterocycles. The zero-order valence-corrected chi connectivity index (χ0v) is 14.8. The molecule has 0 radical (unpaired) electrons. The Morgan fingerprint density at radius 2 is 1.89 bits per heavy atom. The fraction of sp³-hybridized carbons (Fsp3) is 0.444. The Kier molecular flexibility index (Phi) is 5.97. The lowest BCUT2D eigenvalue weighted by atomic mass is 9.86. The number of rotatable bonds is 7. The Labute approximate surface area is 157 Å². The molecule has 1 atom stereocenters. The lowest BCUT2D eigenvalue weighted by Crippen LogP contribution is -2.55. The van der Waals surface area contributed by atoms with Crippen LogP contribution in [0.4, 0.5) is 22.0 Å². The highest BCUT2D eigenvalue weighted by Crippen LogP contribution is 2.26. The van der Waals surface area contributed by atoms with Gasteiger partial charge in [-0.05, 0) is 31.9 Å². The number of hydrogen-bond acceptors (Lipinski definition) is 4. The lowest BCUT2D eigenvalue weighted by Gasteiger charge is -2.38. The fourth-order valence-corrected chi connectivity index (χ4v) is 3.02. The van der Waals surface area contributed by atoms with E-state index in [-0.39, 0.29) is 28.6 Å². The third kappa shape index (κ3) is 4.67. The number of alkyl halides is 4. The van der Waals surface area contributed by atoms with Crippen LogP contribution in [0.3, 0.4) is 0 Å². The van der Waals surface area contributed by atoms with Gasteiger partial charge < -0.3 is 15.4 Å². The largest absolute Gasteiger partial charge is 0.432 e. The first-order chi connectivity index (χ1) is 13.2.